The molecule has 0 radical (unpaired) electrons. The quantitative estimate of drug-likeness (QED) is 0.0863. The van der Waals surface area contributed by atoms with Crippen molar-refractivity contribution in [2.75, 3.05) is 19.8 Å². The Morgan fingerprint density at radius 1 is 1.29 bits per heavy atom. The third kappa shape index (κ3) is 8.42. The second-order valence-corrected chi connectivity index (χ2v) is 4.53. The summed E-state index contributed by atoms with van der Waals surface area (Å²) in [6.45, 7) is -0.883. The Hall–Kier alpha value is -1.46. The molecule has 0 aliphatic heterocycles. The largest absolute Gasteiger partial charge is 0.462 e. The van der Waals surface area contributed by atoms with Crippen molar-refractivity contribution in [1.29, 1.82) is 5.41 Å². The molecule has 0 saturated carbocycles. The van der Waals surface area contributed by atoms with Gasteiger partial charge in [-0.25, -0.2) is 0 Å². The zero-order valence-corrected chi connectivity index (χ0v) is 11.6. The summed E-state index contributed by atoms with van der Waals surface area (Å²) in [6, 6.07) is -0.911. The zero-order chi connectivity index (χ0) is 16.4. The lowest BCUT2D eigenvalue weighted by molar-refractivity contribution is -0.154. The third-order valence-electron chi connectivity index (χ3n) is 2.68. The van der Waals surface area contributed by atoms with Gasteiger partial charge >= 0.3 is 5.97 Å². The maximum absolute atomic E-state index is 11.5. The van der Waals surface area contributed by atoms with Crippen LogP contribution in [0.2, 0.25) is 0 Å². The van der Waals surface area contributed by atoms with E-state index in [9.17, 15) is 15.0 Å². The van der Waals surface area contributed by atoms with E-state index in [0.29, 0.717) is 13.0 Å². The zero-order valence-electron chi connectivity index (χ0n) is 11.6. The highest BCUT2D eigenvalue weighted by molar-refractivity contribution is 5.75. The minimum Gasteiger partial charge on any atom is -0.462 e. The van der Waals surface area contributed by atoms with Gasteiger partial charge in [0.2, 0.25) is 0 Å². The van der Waals surface area contributed by atoms with Crippen LogP contribution in [0.1, 0.15) is 12.8 Å². The van der Waals surface area contributed by atoms with Crippen LogP contribution < -0.4 is 16.8 Å². The number of ether oxygens (including phenoxy) is 1. The lowest BCUT2D eigenvalue weighted by Gasteiger charge is -2.21. The molecule has 0 heterocycles. The molecule has 10 N–H and O–H groups in total. The molecule has 0 aromatic rings. The van der Waals surface area contributed by atoms with Crippen LogP contribution in [0.3, 0.4) is 0 Å². The number of rotatable bonds is 10. The number of esters is 1. The molecule has 10 nitrogen and oxygen atoms in total. The topological polar surface area (TPSA) is 195 Å². The fourth-order valence-corrected chi connectivity index (χ4v) is 1.40. The second-order valence-electron chi connectivity index (χ2n) is 4.53. The first kappa shape index (κ1) is 19.5. The third-order valence-corrected chi connectivity index (χ3v) is 2.68. The highest BCUT2D eigenvalue weighted by Crippen LogP contribution is 2.03. The molecular weight excluding hydrogens is 284 g/mol. The van der Waals surface area contributed by atoms with Crippen molar-refractivity contribution in [1.82, 2.24) is 5.32 Å². The summed E-state index contributed by atoms with van der Waals surface area (Å²) in [5, 5.41) is 46.0. The van der Waals surface area contributed by atoms with Crippen molar-refractivity contribution in [3.63, 3.8) is 0 Å². The molecule has 0 bridgehead atoms. The fourth-order valence-electron chi connectivity index (χ4n) is 1.40. The van der Waals surface area contributed by atoms with Crippen LogP contribution in [0.4, 0.5) is 0 Å². The van der Waals surface area contributed by atoms with Crippen LogP contribution in [0.5, 0.6) is 0 Å². The summed E-state index contributed by atoms with van der Waals surface area (Å²) in [7, 11) is 0. The lowest BCUT2D eigenvalue weighted by atomic mass is 10.1. The first-order chi connectivity index (χ1) is 9.79. The molecule has 0 aliphatic carbocycles. The van der Waals surface area contributed by atoms with Crippen LogP contribution in [0, 0.1) is 5.41 Å². The van der Waals surface area contributed by atoms with Crippen molar-refractivity contribution in [2.24, 2.45) is 11.5 Å². The summed E-state index contributed by atoms with van der Waals surface area (Å²) in [5.74, 6) is -0.937. The van der Waals surface area contributed by atoms with Crippen molar-refractivity contribution in [2.45, 2.75) is 37.2 Å². The van der Waals surface area contributed by atoms with Crippen LogP contribution in [-0.2, 0) is 9.53 Å². The maximum atomic E-state index is 11.5. The van der Waals surface area contributed by atoms with Crippen molar-refractivity contribution in [3.05, 3.63) is 0 Å². The molecular formula is C11H24N4O6. The molecule has 0 rings (SSSR count). The Balaban J connectivity index is 3.93. The van der Waals surface area contributed by atoms with Gasteiger partial charge in [0.15, 0.2) is 5.96 Å². The van der Waals surface area contributed by atoms with E-state index >= 15 is 0 Å². The molecule has 4 atom stereocenters. The molecule has 0 amide bonds. The average molecular weight is 308 g/mol. The molecule has 21 heavy (non-hydrogen) atoms. The number of aliphatic hydroxyl groups is 4. The summed E-state index contributed by atoms with van der Waals surface area (Å²) in [5.41, 5.74) is 10.6. The fraction of sp³-hybridized carbons (Fsp3) is 0.818. The number of hydrogen-bond acceptors (Lipinski definition) is 8. The van der Waals surface area contributed by atoms with Crippen molar-refractivity contribution >= 4 is 11.9 Å². The Morgan fingerprint density at radius 3 is 2.43 bits per heavy atom. The Kier molecular flexibility index (Phi) is 9.58. The van der Waals surface area contributed by atoms with E-state index in [1.54, 1.807) is 0 Å². The van der Waals surface area contributed by atoms with Gasteiger partial charge in [0.25, 0.3) is 0 Å². The number of hydrogen-bond donors (Lipinski definition) is 8. The highest BCUT2D eigenvalue weighted by atomic mass is 16.5. The van der Waals surface area contributed by atoms with Gasteiger partial charge in [-0.15, -0.1) is 0 Å². The molecule has 0 aromatic heterocycles. The van der Waals surface area contributed by atoms with Gasteiger partial charge < -0.3 is 41.9 Å². The number of nitrogens with one attached hydrogen (secondary N) is 2. The van der Waals surface area contributed by atoms with E-state index in [1.807, 2.05) is 0 Å². The molecule has 0 aromatic carbocycles. The minimum absolute atomic E-state index is 0.175. The summed E-state index contributed by atoms with van der Waals surface area (Å²) >= 11 is 0. The predicted octanol–water partition coefficient (Wildman–Crippen LogP) is -3.80. The van der Waals surface area contributed by atoms with Gasteiger partial charge in [-0.2, -0.15) is 0 Å². The predicted molar refractivity (Wildman–Crippen MR) is 73.2 cm³/mol. The van der Waals surface area contributed by atoms with E-state index in [-0.39, 0.29) is 12.4 Å². The Labute approximate surface area is 122 Å². The number of carbonyl (C=O) groups excluding carboxylic acids is 1. The Morgan fingerprint density at radius 2 is 1.90 bits per heavy atom. The lowest BCUT2D eigenvalue weighted by Crippen LogP contribution is -2.43. The molecule has 0 spiro atoms. The van der Waals surface area contributed by atoms with E-state index in [0.717, 1.165) is 0 Å². The molecule has 10 heteroatoms. The van der Waals surface area contributed by atoms with E-state index < -0.39 is 43.5 Å². The molecule has 0 fully saturated rings. The first-order valence-electron chi connectivity index (χ1n) is 6.44. The van der Waals surface area contributed by atoms with Gasteiger partial charge in [-0.1, -0.05) is 0 Å². The van der Waals surface area contributed by atoms with Crippen LogP contribution in [0.25, 0.3) is 0 Å². The average Bonchev–Trinajstić information content (AvgIpc) is 2.46. The Bertz CT molecular complexity index is 330. The standard InChI is InChI=1S/C11H24N4O6/c12-6(2-1-3-15-11(13)14)10(20)21-5-8(18)9(19)7(17)4-16/h6-9,16-19H,1-5,12H2,(H4,13,14,15)/t6-,7+,8-,9-/m0/s1. The van der Waals surface area contributed by atoms with Gasteiger partial charge in [0.1, 0.15) is 31.0 Å². The van der Waals surface area contributed by atoms with Gasteiger partial charge in [0, 0.05) is 6.54 Å². The number of carbonyl (C=O) groups is 1. The summed E-state index contributed by atoms with van der Waals surface area (Å²) in [4.78, 5) is 11.5. The molecule has 0 saturated heterocycles. The molecule has 0 unspecified atom stereocenters. The van der Waals surface area contributed by atoms with Gasteiger partial charge in [0.05, 0.1) is 6.61 Å². The summed E-state index contributed by atoms with van der Waals surface area (Å²) in [6.07, 6.45) is -3.90. The summed E-state index contributed by atoms with van der Waals surface area (Å²) < 4.78 is 4.71. The van der Waals surface area contributed by atoms with Crippen LogP contribution in [-0.4, -0.2) is 76.5 Å². The minimum atomic E-state index is -1.63. The van der Waals surface area contributed by atoms with E-state index in [4.69, 9.17) is 31.8 Å². The molecule has 124 valence electrons. The van der Waals surface area contributed by atoms with Gasteiger partial charge in [-0.05, 0) is 12.8 Å². The van der Waals surface area contributed by atoms with Crippen molar-refractivity contribution < 1.29 is 30.0 Å². The number of guanidine groups is 1. The van der Waals surface area contributed by atoms with Crippen LogP contribution in [0.15, 0.2) is 0 Å². The molecule has 0 aliphatic rings. The second kappa shape index (κ2) is 10.3. The van der Waals surface area contributed by atoms with Gasteiger partial charge in [-0.3, -0.25) is 10.2 Å². The SMILES string of the molecule is N=C(N)NCCC[C@H](N)C(=O)OC[C@H](O)[C@@H](O)[C@H](O)CO. The maximum Gasteiger partial charge on any atom is 0.323 e. The smallest absolute Gasteiger partial charge is 0.323 e. The monoisotopic (exact) mass is 308 g/mol. The normalized spacial score (nSPS) is 16.6. The van der Waals surface area contributed by atoms with E-state index in [1.165, 1.54) is 0 Å². The first-order valence-corrected chi connectivity index (χ1v) is 6.44. The number of nitrogens with two attached hydrogens (primary N) is 2. The van der Waals surface area contributed by atoms with E-state index in [2.05, 4.69) is 5.32 Å². The number of aliphatic hydroxyl groups excluding tert-OH is 4. The van der Waals surface area contributed by atoms with Crippen molar-refractivity contribution in [3.8, 4) is 0 Å². The highest BCUT2D eigenvalue weighted by Gasteiger charge is 2.26. The van der Waals surface area contributed by atoms with Crippen LogP contribution >= 0.6 is 0 Å².